The maximum Gasteiger partial charge on any atom is 0.407 e. The van der Waals surface area contributed by atoms with Crippen LogP contribution in [0.15, 0.2) is 61.2 Å². The summed E-state index contributed by atoms with van der Waals surface area (Å²) < 4.78 is 9.98. The van der Waals surface area contributed by atoms with Gasteiger partial charge < -0.3 is 19.3 Å². The molecule has 0 saturated carbocycles. The fourth-order valence-electron chi connectivity index (χ4n) is 4.76. The molecule has 4 heterocycles. The van der Waals surface area contributed by atoms with Crippen LogP contribution in [-0.2, 0) is 18.0 Å². The van der Waals surface area contributed by atoms with Crippen molar-refractivity contribution in [2.45, 2.75) is 51.3 Å². The Bertz CT molecular complexity index is 1460. The molecule has 210 valence electrons. The molecule has 1 aromatic carbocycles. The van der Waals surface area contributed by atoms with E-state index in [1.807, 2.05) is 64.2 Å². The fraction of sp³-hybridized carbons (Fsp3) is 0.379. The zero-order valence-corrected chi connectivity index (χ0v) is 24.9. The van der Waals surface area contributed by atoms with Crippen LogP contribution in [0.4, 0.5) is 4.79 Å². The molecule has 0 bridgehead atoms. The van der Waals surface area contributed by atoms with E-state index >= 15 is 0 Å². The minimum Gasteiger partial charge on any atom is -0.465 e. The standard InChI is InChI=1S/C29H35ClN6O3Si/c1-40(2,3)13-12-39-20-35-19-27(23-9-11-34(17-23)29(37)38)33-28(35)26-14-22(8-10-31-26)24-15-32-36(18-24)16-21-4-6-25(30)7-5-21/h4-8,10,14-15,18-19,23H,9,11-13,16-17,20H2,1-3H3,(H,37,38). The molecule has 11 heteroatoms. The Hall–Kier alpha value is -3.47. The Kier molecular flexibility index (Phi) is 8.39. The molecule has 40 heavy (non-hydrogen) atoms. The lowest BCUT2D eigenvalue weighted by Crippen LogP contribution is -2.26. The van der Waals surface area contributed by atoms with Crippen molar-refractivity contribution >= 4 is 25.8 Å². The molecule has 1 aliphatic rings. The average Bonchev–Trinajstić information content (AvgIpc) is 3.67. The maximum absolute atomic E-state index is 11.5. The third kappa shape index (κ3) is 6.99. The molecule has 0 radical (unpaired) electrons. The lowest BCUT2D eigenvalue weighted by molar-refractivity contribution is 0.0881. The number of imidazole rings is 1. The Morgan fingerprint density at radius 2 is 1.95 bits per heavy atom. The molecule has 9 nitrogen and oxygen atoms in total. The number of rotatable bonds is 10. The Labute approximate surface area is 240 Å². The predicted molar refractivity (Wildman–Crippen MR) is 158 cm³/mol. The number of halogens is 1. The van der Waals surface area contributed by atoms with E-state index in [1.54, 1.807) is 6.20 Å². The minimum atomic E-state index is -1.22. The van der Waals surface area contributed by atoms with Crippen molar-refractivity contribution in [3.05, 3.63) is 77.5 Å². The number of ether oxygens (including phenoxy) is 1. The maximum atomic E-state index is 11.5. The zero-order chi connectivity index (χ0) is 28.3. The van der Waals surface area contributed by atoms with Crippen molar-refractivity contribution in [2.24, 2.45) is 0 Å². The van der Waals surface area contributed by atoms with Crippen LogP contribution < -0.4 is 0 Å². The van der Waals surface area contributed by atoms with Gasteiger partial charge in [-0.05, 0) is 47.9 Å². The van der Waals surface area contributed by atoms with Gasteiger partial charge in [0.25, 0.3) is 0 Å². The molecule has 1 atom stereocenters. The zero-order valence-electron chi connectivity index (χ0n) is 23.1. The highest BCUT2D eigenvalue weighted by molar-refractivity contribution is 6.76. The number of hydrogen-bond acceptors (Lipinski definition) is 5. The largest absolute Gasteiger partial charge is 0.465 e. The summed E-state index contributed by atoms with van der Waals surface area (Å²) in [4.78, 5) is 22.5. The molecule has 1 fully saturated rings. The highest BCUT2D eigenvalue weighted by Gasteiger charge is 2.29. The van der Waals surface area contributed by atoms with Crippen molar-refractivity contribution in [1.82, 2.24) is 29.2 Å². The molecule has 1 amide bonds. The first-order chi connectivity index (χ1) is 19.1. The van der Waals surface area contributed by atoms with Gasteiger partial charge in [-0.25, -0.2) is 9.78 Å². The lowest BCUT2D eigenvalue weighted by Gasteiger charge is -2.16. The second-order valence-electron chi connectivity index (χ2n) is 11.5. The van der Waals surface area contributed by atoms with Crippen molar-refractivity contribution in [3.8, 4) is 22.6 Å². The Morgan fingerprint density at radius 1 is 1.15 bits per heavy atom. The van der Waals surface area contributed by atoms with E-state index in [0.29, 0.717) is 43.8 Å². The third-order valence-electron chi connectivity index (χ3n) is 7.11. The summed E-state index contributed by atoms with van der Waals surface area (Å²) in [6.07, 6.45) is 7.52. The van der Waals surface area contributed by atoms with E-state index in [0.717, 1.165) is 40.5 Å². The summed E-state index contributed by atoms with van der Waals surface area (Å²) in [6.45, 7) is 9.67. The van der Waals surface area contributed by atoms with Gasteiger partial charge in [0, 0.05) is 62.9 Å². The van der Waals surface area contributed by atoms with Gasteiger partial charge in [-0.2, -0.15) is 5.10 Å². The van der Waals surface area contributed by atoms with Crippen LogP contribution in [0.5, 0.6) is 0 Å². The molecule has 1 unspecified atom stereocenters. The normalized spacial score (nSPS) is 15.6. The van der Waals surface area contributed by atoms with Gasteiger partial charge in [0.05, 0.1) is 18.4 Å². The van der Waals surface area contributed by atoms with E-state index in [9.17, 15) is 9.90 Å². The Balaban J connectivity index is 1.38. The first kappa shape index (κ1) is 28.1. The predicted octanol–water partition coefficient (Wildman–Crippen LogP) is 6.29. The van der Waals surface area contributed by atoms with Crippen molar-refractivity contribution in [3.63, 3.8) is 0 Å². The van der Waals surface area contributed by atoms with Crippen LogP contribution in [0.3, 0.4) is 0 Å². The van der Waals surface area contributed by atoms with Gasteiger partial charge in [-0.3, -0.25) is 9.67 Å². The quantitative estimate of drug-likeness (QED) is 0.175. The molecule has 5 rings (SSSR count). The van der Waals surface area contributed by atoms with E-state index in [1.165, 1.54) is 4.90 Å². The number of pyridine rings is 1. The van der Waals surface area contributed by atoms with Crippen LogP contribution in [-0.4, -0.2) is 68.2 Å². The number of carboxylic acid groups (broad SMARTS) is 1. The van der Waals surface area contributed by atoms with Gasteiger partial charge in [-0.1, -0.05) is 43.4 Å². The lowest BCUT2D eigenvalue weighted by atomic mass is 10.1. The average molecular weight is 579 g/mol. The number of amides is 1. The molecule has 0 spiro atoms. The highest BCUT2D eigenvalue weighted by atomic mass is 35.5. The minimum absolute atomic E-state index is 0.0485. The summed E-state index contributed by atoms with van der Waals surface area (Å²) >= 11 is 6.02. The van der Waals surface area contributed by atoms with E-state index in [4.69, 9.17) is 21.3 Å². The number of carbonyl (C=O) groups is 1. The van der Waals surface area contributed by atoms with Crippen LogP contribution in [0.25, 0.3) is 22.6 Å². The monoisotopic (exact) mass is 578 g/mol. The topological polar surface area (TPSA) is 98.3 Å². The first-order valence-corrected chi connectivity index (χ1v) is 17.6. The molecule has 1 N–H and O–H groups in total. The van der Waals surface area contributed by atoms with Gasteiger partial charge in [0.1, 0.15) is 12.4 Å². The summed E-state index contributed by atoms with van der Waals surface area (Å²) in [5.41, 5.74) is 4.69. The van der Waals surface area contributed by atoms with Crippen molar-refractivity contribution < 1.29 is 14.6 Å². The molecule has 1 aliphatic heterocycles. The van der Waals surface area contributed by atoms with Crippen LogP contribution in [0, 0.1) is 0 Å². The molecule has 3 aromatic heterocycles. The fourth-order valence-corrected chi connectivity index (χ4v) is 5.64. The number of hydrogen-bond donors (Lipinski definition) is 1. The van der Waals surface area contributed by atoms with E-state index in [-0.39, 0.29) is 5.92 Å². The van der Waals surface area contributed by atoms with Gasteiger partial charge in [0.15, 0.2) is 5.82 Å². The molecular formula is C29H35ClN6O3Si. The number of aromatic nitrogens is 5. The van der Waals surface area contributed by atoms with Gasteiger partial charge >= 0.3 is 6.09 Å². The molecule has 1 saturated heterocycles. The Morgan fingerprint density at radius 3 is 2.67 bits per heavy atom. The summed E-state index contributed by atoms with van der Waals surface area (Å²) in [5, 5.41) is 14.7. The molecule has 4 aromatic rings. The van der Waals surface area contributed by atoms with E-state index in [2.05, 4.69) is 29.7 Å². The van der Waals surface area contributed by atoms with Gasteiger partial charge in [0.2, 0.25) is 0 Å². The molecule has 0 aliphatic carbocycles. The van der Waals surface area contributed by atoms with E-state index < -0.39 is 14.2 Å². The second kappa shape index (κ2) is 12.0. The van der Waals surface area contributed by atoms with Crippen LogP contribution in [0.1, 0.15) is 23.6 Å². The SMILES string of the molecule is C[Si](C)(C)CCOCn1cc(C2CCN(C(=O)O)C2)nc1-c1cc(-c2cnn(Cc3ccc(Cl)cc3)c2)ccn1. The number of likely N-dealkylation sites (tertiary alicyclic amines) is 1. The third-order valence-corrected chi connectivity index (χ3v) is 9.07. The number of nitrogens with zero attached hydrogens (tertiary/aromatic N) is 6. The second-order valence-corrected chi connectivity index (χ2v) is 17.6. The van der Waals surface area contributed by atoms with Crippen LogP contribution >= 0.6 is 11.6 Å². The first-order valence-electron chi connectivity index (χ1n) is 13.5. The highest BCUT2D eigenvalue weighted by Crippen LogP contribution is 2.30. The summed E-state index contributed by atoms with van der Waals surface area (Å²) in [7, 11) is -1.22. The summed E-state index contributed by atoms with van der Waals surface area (Å²) in [5.74, 6) is 0.763. The molecular weight excluding hydrogens is 544 g/mol. The van der Waals surface area contributed by atoms with Gasteiger partial charge in [-0.15, -0.1) is 0 Å². The van der Waals surface area contributed by atoms with Crippen molar-refractivity contribution in [1.29, 1.82) is 0 Å². The van der Waals surface area contributed by atoms with Crippen LogP contribution in [0.2, 0.25) is 30.7 Å². The van der Waals surface area contributed by atoms with Crippen molar-refractivity contribution in [2.75, 3.05) is 19.7 Å². The smallest absolute Gasteiger partial charge is 0.407 e. The number of benzene rings is 1. The summed E-state index contributed by atoms with van der Waals surface area (Å²) in [6, 6.07) is 12.8.